The quantitative estimate of drug-likeness (QED) is 0.817. The Balaban J connectivity index is 1.69. The van der Waals surface area contributed by atoms with Crippen molar-refractivity contribution in [2.24, 2.45) is 0 Å². The summed E-state index contributed by atoms with van der Waals surface area (Å²) in [7, 11) is 0. The Labute approximate surface area is 129 Å². The average molecular weight is 306 g/mol. The number of likely N-dealkylation sites (tertiary alicyclic amines) is 2. The van der Waals surface area contributed by atoms with Crippen molar-refractivity contribution in [1.29, 1.82) is 0 Å². The topological polar surface area (TPSA) is 79.5 Å². The fraction of sp³-hybridized carbons (Fsp3) is 0.733. The number of aryl methyl sites for hydroxylation is 1. The Morgan fingerprint density at radius 3 is 2.68 bits per heavy atom. The predicted molar refractivity (Wildman–Crippen MR) is 78.0 cm³/mol. The first-order valence-electron chi connectivity index (χ1n) is 7.92. The van der Waals surface area contributed by atoms with Gasteiger partial charge in [0.2, 0.25) is 17.7 Å². The Morgan fingerprint density at radius 2 is 2.00 bits per heavy atom. The molecular formula is C15H22N4O3. The maximum atomic E-state index is 12.8. The predicted octanol–water partition coefficient (Wildman–Crippen LogP) is 1.09. The molecule has 0 aromatic carbocycles. The molecule has 0 aliphatic carbocycles. The summed E-state index contributed by atoms with van der Waals surface area (Å²) in [6.07, 6.45) is 3.53. The third kappa shape index (κ3) is 2.84. The smallest absolute Gasteiger partial charge is 0.245 e. The zero-order chi connectivity index (χ0) is 15.7. The second-order valence-electron chi connectivity index (χ2n) is 6.17. The van der Waals surface area contributed by atoms with Gasteiger partial charge in [0.25, 0.3) is 0 Å². The van der Waals surface area contributed by atoms with Gasteiger partial charge in [-0.05, 0) is 32.6 Å². The summed E-state index contributed by atoms with van der Waals surface area (Å²) in [6.45, 7) is 5.35. The van der Waals surface area contributed by atoms with E-state index in [1.54, 1.807) is 11.8 Å². The summed E-state index contributed by atoms with van der Waals surface area (Å²) in [5.74, 6) is 1.39. The molecule has 2 amide bonds. The third-order valence-electron chi connectivity index (χ3n) is 4.57. The molecule has 2 aliphatic heterocycles. The molecule has 1 aromatic heterocycles. The van der Waals surface area contributed by atoms with Crippen LogP contribution in [0.4, 0.5) is 0 Å². The van der Waals surface area contributed by atoms with Gasteiger partial charge < -0.3 is 14.3 Å². The minimum absolute atomic E-state index is 0.0167. The second-order valence-corrected chi connectivity index (χ2v) is 6.17. The molecule has 1 aromatic rings. The summed E-state index contributed by atoms with van der Waals surface area (Å²) >= 11 is 0. The van der Waals surface area contributed by atoms with E-state index in [-0.39, 0.29) is 23.8 Å². The van der Waals surface area contributed by atoms with Gasteiger partial charge in [-0.1, -0.05) is 5.16 Å². The van der Waals surface area contributed by atoms with Gasteiger partial charge in [-0.15, -0.1) is 0 Å². The molecule has 0 spiro atoms. The highest BCUT2D eigenvalue weighted by atomic mass is 16.5. The van der Waals surface area contributed by atoms with Gasteiger partial charge >= 0.3 is 0 Å². The molecule has 0 N–H and O–H groups in total. The highest BCUT2D eigenvalue weighted by Gasteiger charge is 2.37. The van der Waals surface area contributed by atoms with Gasteiger partial charge in [0.05, 0.1) is 5.92 Å². The van der Waals surface area contributed by atoms with E-state index in [1.807, 2.05) is 4.90 Å². The number of hydrogen-bond acceptors (Lipinski definition) is 5. The minimum Gasteiger partial charge on any atom is -0.340 e. The summed E-state index contributed by atoms with van der Waals surface area (Å²) in [6, 6.07) is -0.291. The number of aromatic nitrogens is 2. The number of nitrogens with zero attached hydrogens (tertiary/aromatic N) is 4. The number of piperidine rings is 1. The Hall–Kier alpha value is -1.92. The van der Waals surface area contributed by atoms with E-state index in [9.17, 15) is 9.59 Å². The van der Waals surface area contributed by atoms with Crippen LogP contribution in [0.25, 0.3) is 0 Å². The first-order valence-corrected chi connectivity index (χ1v) is 7.92. The van der Waals surface area contributed by atoms with E-state index in [0.717, 1.165) is 32.2 Å². The van der Waals surface area contributed by atoms with Gasteiger partial charge in [-0.2, -0.15) is 4.98 Å². The van der Waals surface area contributed by atoms with E-state index in [2.05, 4.69) is 10.1 Å². The lowest BCUT2D eigenvalue weighted by atomic mass is 9.97. The van der Waals surface area contributed by atoms with Crippen LogP contribution in [0.5, 0.6) is 0 Å². The van der Waals surface area contributed by atoms with Gasteiger partial charge in [0, 0.05) is 26.6 Å². The molecular weight excluding hydrogens is 284 g/mol. The van der Waals surface area contributed by atoms with Crippen molar-refractivity contribution in [3.05, 3.63) is 11.7 Å². The van der Waals surface area contributed by atoms with Crippen molar-refractivity contribution in [1.82, 2.24) is 19.9 Å². The van der Waals surface area contributed by atoms with Crippen LogP contribution in [0, 0.1) is 6.92 Å². The molecule has 2 atom stereocenters. The van der Waals surface area contributed by atoms with Crippen molar-refractivity contribution in [2.75, 3.05) is 19.6 Å². The van der Waals surface area contributed by atoms with Crippen molar-refractivity contribution >= 4 is 11.8 Å². The normalized spacial score (nSPS) is 25.5. The van der Waals surface area contributed by atoms with E-state index >= 15 is 0 Å². The van der Waals surface area contributed by atoms with E-state index in [4.69, 9.17) is 4.52 Å². The summed E-state index contributed by atoms with van der Waals surface area (Å²) in [4.78, 5) is 32.3. The molecule has 0 saturated carbocycles. The first-order chi connectivity index (χ1) is 10.6. The fourth-order valence-electron chi connectivity index (χ4n) is 3.47. The third-order valence-corrected chi connectivity index (χ3v) is 4.57. The summed E-state index contributed by atoms with van der Waals surface area (Å²) in [5, 5.41) is 3.83. The lowest BCUT2D eigenvalue weighted by molar-refractivity contribution is -0.143. The van der Waals surface area contributed by atoms with Crippen LogP contribution >= 0.6 is 0 Å². The van der Waals surface area contributed by atoms with E-state index < -0.39 is 0 Å². The Morgan fingerprint density at radius 1 is 1.23 bits per heavy atom. The molecule has 22 heavy (non-hydrogen) atoms. The highest BCUT2D eigenvalue weighted by Crippen LogP contribution is 2.28. The Kier molecular flexibility index (Phi) is 4.13. The fourth-order valence-corrected chi connectivity index (χ4v) is 3.47. The van der Waals surface area contributed by atoms with Crippen molar-refractivity contribution in [3.8, 4) is 0 Å². The van der Waals surface area contributed by atoms with Gasteiger partial charge in [0.15, 0.2) is 5.82 Å². The standard InChI is InChI=1S/C15H22N4O3/c1-10-16-14(22-17-10)12-5-3-7-18(9-12)15(21)13-6-4-8-19(13)11(2)20/h12-13H,3-9H2,1-2H3/t12-,13+/m0/s1. The molecule has 0 unspecified atom stereocenters. The van der Waals surface area contributed by atoms with Gasteiger partial charge in [0.1, 0.15) is 6.04 Å². The number of hydrogen-bond donors (Lipinski definition) is 0. The van der Waals surface area contributed by atoms with Crippen LogP contribution in [0.2, 0.25) is 0 Å². The Bertz CT molecular complexity index is 571. The van der Waals surface area contributed by atoms with E-state index in [0.29, 0.717) is 24.8 Å². The van der Waals surface area contributed by atoms with Crippen LogP contribution < -0.4 is 0 Å². The monoisotopic (exact) mass is 306 g/mol. The van der Waals surface area contributed by atoms with Crippen molar-refractivity contribution in [3.63, 3.8) is 0 Å². The number of rotatable bonds is 2. The maximum Gasteiger partial charge on any atom is 0.245 e. The molecule has 0 radical (unpaired) electrons. The molecule has 2 saturated heterocycles. The zero-order valence-electron chi connectivity index (χ0n) is 13.1. The molecule has 120 valence electrons. The maximum absolute atomic E-state index is 12.8. The summed E-state index contributed by atoms with van der Waals surface area (Å²) < 4.78 is 5.25. The molecule has 2 aliphatic rings. The van der Waals surface area contributed by atoms with Gasteiger partial charge in [-0.3, -0.25) is 9.59 Å². The lowest BCUT2D eigenvalue weighted by Gasteiger charge is -2.34. The van der Waals surface area contributed by atoms with Crippen LogP contribution in [-0.4, -0.2) is 57.4 Å². The van der Waals surface area contributed by atoms with Crippen LogP contribution in [0.3, 0.4) is 0 Å². The van der Waals surface area contributed by atoms with Crippen LogP contribution in [-0.2, 0) is 9.59 Å². The SMILES string of the molecule is CC(=O)N1CCC[C@@H]1C(=O)N1CCC[C@H](c2nc(C)no2)C1. The van der Waals surface area contributed by atoms with Crippen LogP contribution in [0.1, 0.15) is 50.2 Å². The molecule has 3 heterocycles. The van der Waals surface area contributed by atoms with Crippen LogP contribution in [0.15, 0.2) is 4.52 Å². The molecule has 3 rings (SSSR count). The average Bonchev–Trinajstić information content (AvgIpc) is 3.15. The minimum atomic E-state index is -0.291. The number of carbonyl (C=O) groups excluding carboxylic acids is 2. The number of amides is 2. The lowest BCUT2D eigenvalue weighted by Crippen LogP contribution is -2.49. The molecule has 7 heteroatoms. The first kappa shape index (κ1) is 15.0. The van der Waals surface area contributed by atoms with Crippen molar-refractivity contribution < 1.29 is 14.1 Å². The summed E-state index contributed by atoms with van der Waals surface area (Å²) in [5.41, 5.74) is 0. The molecule has 7 nitrogen and oxygen atoms in total. The largest absolute Gasteiger partial charge is 0.340 e. The van der Waals surface area contributed by atoms with Crippen molar-refractivity contribution in [2.45, 2.75) is 51.5 Å². The molecule has 0 bridgehead atoms. The van der Waals surface area contributed by atoms with E-state index in [1.165, 1.54) is 6.92 Å². The molecule has 2 fully saturated rings. The second kappa shape index (κ2) is 6.06. The highest BCUT2D eigenvalue weighted by molar-refractivity contribution is 5.87. The van der Waals surface area contributed by atoms with Gasteiger partial charge in [-0.25, -0.2) is 0 Å². The zero-order valence-corrected chi connectivity index (χ0v) is 13.1. The number of carbonyl (C=O) groups is 2.